The Morgan fingerprint density at radius 1 is 1.43 bits per heavy atom. The fourth-order valence-electron chi connectivity index (χ4n) is 3.15. The van der Waals surface area contributed by atoms with Crippen molar-refractivity contribution in [3.63, 3.8) is 0 Å². The minimum Gasteiger partial charge on any atom is -0.396 e. The van der Waals surface area contributed by atoms with Crippen LogP contribution in [0.15, 0.2) is 6.07 Å². The van der Waals surface area contributed by atoms with Crippen molar-refractivity contribution >= 4 is 5.91 Å². The topological polar surface area (TPSA) is 76.4 Å². The van der Waals surface area contributed by atoms with E-state index in [2.05, 4.69) is 24.3 Å². The van der Waals surface area contributed by atoms with Crippen molar-refractivity contribution in [3.8, 4) is 0 Å². The van der Waals surface area contributed by atoms with Crippen LogP contribution >= 0.6 is 0 Å². The predicted molar refractivity (Wildman–Crippen MR) is 88.5 cm³/mol. The lowest BCUT2D eigenvalue weighted by Crippen LogP contribution is -2.44. The van der Waals surface area contributed by atoms with Crippen LogP contribution in [0.3, 0.4) is 0 Å². The van der Waals surface area contributed by atoms with Crippen LogP contribution < -0.4 is 5.32 Å². The Kier molecular flexibility index (Phi) is 6.18. The third kappa shape index (κ3) is 4.12. The Morgan fingerprint density at radius 2 is 2.09 bits per heavy atom. The monoisotopic (exact) mass is 323 g/mol. The summed E-state index contributed by atoms with van der Waals surface area (Å²) in [6.07, 6.45) is 3.43. The molecule has 0 radical (unpaired) electrons. The van der Waals surface area contributed by atoms with Crippen LogP contribution in [0.1, 0.15) is 61.8 Å². The minimum absolute atomic E-state index is 0.0709. The number of carbonyl (C=O) groups is 1. The van der Waals surface area contributed by atoms with Gasteiger partial charge in [0, 0.05) is 25.2 Å². The molecule has 6 heteroatoms. The Balaban J connectivity index is 2.08. The molecule has 23 heavy (non-hydrogen) atoms. The second-order valence-corrected chi connectivity index (χ2v) is 6.54. The van der Waals surface area contributed by atoms with Crippen molar-refractivity contribution in [1.82, 2.24) is 15.1 Å². The van der Waals surface area contributed by atoms with E-state index in [0.717, 1.165) is 31.4 Å². The molecule has 130 valence electrons. The lowest BCUT2D eigenvalue weighted by atomic mass is 9.81. The van der Waals surface area contributed by atoms with Gasteiger partial charge in [0.05, 0.1) is 18.3 Å². The van der Waals surface area contributed by atoms with Gasteiger partial charge in [0.25, 0.3) is 5.91 Å². The van der Waals surface area contributed by atoms with E-state index in [4.69, 9.17) is 4.74 Å². The minimum atomic E-state index is -0.261. The summed E-state index contributed by atoms with van der Waals surface area (Å²) in [5.74, 6) is -0.114. The number of hydrogen-bond donors (Lipinski definition) is 2. The largest absolute Gasteiger partial charge is 0.396 e. The number of ether oxygens (including phenoxy) is 1. The van der Waals surface area contributed by atoms with Crippen LogP contribution in [-0.2, 0) is 4.74 Å². The van der Waals surface area contributed by atoms with Gasteiger partial charge in [-0.05, 0) is 38.7 Å². The third-order valence-electron chi connectivity index (χ3n) is 4.89. The van der Waals surface area contributed by atoms with Gasteiger partial charge < -0.3 is 15.2 Å². The second-order valence-electron chi connectivity index (χ2n) is 6.54. The smallest absolute Gasteiger partial charge is 0.269 e. The number of nitrogens with one attached hydrogen (secondary N) is 1. The van der Waals surface area contributed by atoms with Crippen molar-refractivity contribution in [2.45, 2.75) is 52.5 Å². The molecule has 1 aliphatic rings. The predicted octanol–water partition coefficient (Wildman–Crippen LogP) is 2.07. The Bertz CT molecular complexity index is 517. The lowest BCUT2D eigenvalue weighted by molar-refractivity contribution is -0.0147. The van der Waals surface area contributed by atoms with Crippen LogP contribution in [0.4, 0.5) is 0 Å². The van der Waals surface area contributed by atoms with Gasteiger partial charge in [-0.15, -0.1) is 0 Å². The van der Waals surface area contributed by atoms with E-state index in [9.17, 15) is 9.90 Å². The van der Waals surface area contributed by atoms with E-state index in [0.29, 0.717) is 25.5 Å². The summed E-state index contributed by atoms with van der Waals surface area (Å²) in [7, 11) is 0. The molecule has 1 saturated heterocycles. The van der Waals surface area contributed by atoms with Crippen molar-refractivity contribution in [1.29, 1.82) is 0 Å². The van der Waals surface area contributed by atoms with E-state index in [-0.39, 0.29) is 24.0 Å². The first-order valence-electron chi connectivity index (χ1n) is 8.58. The first-order valence-corrected chi connectivity index (χ1v) is 8.58. The molecule has 1 aromatic rings. The van der Waals surface area contributed by atoms with Crippen LogP contribution in [0, 0.1) is 12.3 Å². The van der Waals surface area contributed by atoms with Crippen molar-refractivity contribution in [2.75, 3.05) is 26.4 Å². The number of hydrogen-bond acceptors (Lipinski definition) is 4. The summed E-state index contributed by atoms with van der Waals surface area (Å²) in [5, 5.41) is 17.2. The van der Waals surface area contributed by atoms with E-state index in [1.165, 1.54) is 0 Å². The average molecular weight is 323 g/mol. The summed E-state index contributed by atoms with van der Waals surface area (Å²) >= 11 is 0. The van der Waals surface area contributed by atoms with Gasteiger partial charge >= 0.3 is 0 Å². The normalized spacial score (nSPS) is 17.4. The maximum atomic E-state index is 12.6. The Morgan fingerprint density at radius 3 is 2.65 bits per heavy atom. The number of aromatic nitrogens is 2. The molecule has 0 saturated carbocycles. The zero-order valence-corrected chi connectivity index (χ0v) is 14.5. The molecule has 0 atom stereocenters. The van der Waals surface area contributed by atoms with Crippen LogP contribution in [0.2, 0.25) is 0 Å². The molecule has 1 amide bonds. The number of nitrogens with zero attached hydrogens (tertiary/aromatic N) is 2. The highest BCUT2D eigenvalue weighted by atomic mass is 16.5. The first-order chi connectivity index (χ1) is 11.0. The Labute approximate surface area is 138 Å². The molecule has 1 fully saturated rings. The quantitative estimate of drug-likeness (QED) is 0.805. The van der Waals surface area contributed by atoms with Gasteiger partial charge in [-0.2, -0.15) is 5.10 Å². The molecular weight excluding hydrogens is 294 g/mol. The summed E-state index contributed by atoms with van der Waals surface area (Å²) < 4.78 is 7.21. The van der Waals surface area contributed by atoms with Gasteiger partial charge in [0.15, 0.2) is 0 Å². The molecule has 0 bridgehead atoms. The van der Waals surface area contributed by atoms with E-state index < -0.39 is 0 Å². The number of aliphatic hydroxyl groups excluding tert-OH is 1. The second kappa shape index (κ2) is 7.93. The zero-order valence-electron chi connectivity index (χ0n) is 14.5. The molecule has 0 aliphatic carbocycles. The number of aryl methyl sites for hydroxylation is 1. The van der Waals surface area contributed by atoms with Gasteiger partial charge in [-0.25, -0.2) is 0 Å². The standard InChI is InChI=1S/C17H29N3O3/c1-4-14(5-2)20-15(10-13(3)19-20)16(22)18-11-17(12-21)6-8-23-9-7-17/h10,14,21H,4-9,11-12H2,1-3H3,(H,18,22). The summed E-state index contributed by atoms with van der Waals surface area (Å²) in [6, 6.07) is 2.07. The SMILES string of the molecule is CCC(CC)n1nc(C)cc1C(=O)NCC1(CO)CCOCC1. The van der Waals surface area contributed by atoms with Crippen molar-refractivity contribution in [3.05, 3.63) is 17.5 Å². The fourth-order valence-corrected chi connectivity index (χ4v) is 3.15. The highest BCUT2D eigenvalue weighted by Gasteiger charge is 2.33. The van der Waals surface area contributed by atoms with E-state index in [1.54, 1.807) is 0 Å². The number of rotatable bonds is 7. The third-order valence-corrected chi connectivity index (χ3v) is 4.89. The average Bonchev–Trinajstić information content (AvgIpc) is 2.96. The van der Waals surface area contributed by atoms with Gasteiger partial charge in [-0.1, -0.05) is 13.8 Å². The maximum absolute atomic E-state index is 12.6. The molecule has 2 N–H and O–H groups in total. The summed E-state index contributed by atoms with van der Waals surface area (Å²) in [6.45, 7) is 7.94. The first kappa shape index (κ1) is 17.9. The van der Waals surface area contributed by atoms with Crippen LogP contribution in [0.25, 0.3) is 0 Å². The number of aliphatic hydroxyl groups is 1. The number of amides is 1. The lowest BCUT2D eigenvalue weighted by Gasteiger charge is -2.35. The van der Waals surface area contributed by atoms with Gasteiger partial charge in [0.2, 0.25) is 0 Å². The van der Waals surface area contributed by atoms with Gasteiger partial charge in [0.1, 0.15) is 5.69 Å². The molecule has 1 aliphatic heterocycles. The fraction of sp³-hybridized carbons (Fsp3) is 0.765. The van der Waals surface area contributed by atoms with E-state index in [1.807, 2.05) is 17.7 Å². The molecule has 0 spiro atoms. The highest BCUT2D eigenvalue weighted by molar-refractivity contribution is 5.92. The summed E-state index contributed by atoms with van der Waals surface area (Å²) in [4.78, 5) is 12.6. The Hall–Kier alpha value is -1.40. The maximum Gasteiger partial charge on any atom is 0.269 e. The number of carbonyl (C=O) groups excluding carboxylic acids is 1. The molecule has 6 nitrogen and oxygen atoms in total. The molecule has 2 rings (SSSR count). The molecular formula is C17H29N3O3. The van der Waals surface area contributed by atoms with E-state index >= 15 is 0 Å². The molecule has 1 aromatic heterocycles. The van der Waals surface area contributed by atoms with Crippen molar-refractivity contribution < 1.29 is 14.6 Å². The molecule has 2 heterocycles. The molecule has 0 unspecified atom stereocenters. The highest BCUT2D eigenvalue weighted by Crippen LogP contribution is 2.29. The van der Waals surface area contributed by atoms with Crippen molar-refractivity contribution in [2.24, 2.45) is 5.41 Å². The molecule has 0 aromatic carbocycles. The zero-order chi connectivity index (χ0) is 16.9. The van der Waals surface area contributed by atoms with Gasteiger partial charge in [-0.3, -0.25) is 9.48 Å². The van der Waals surface area contributed by atoms with Crippen LogP contribution in [-0.4, -0.2) is 47.2 Å². The summed E-state index contributed by atoms with van der Waals surface area (Å²) in [5.41, 5.74) is 1.20. The van der Waals surface area contributed by atoms with Crippen LogP contribution in [0.5, 0.6) is 0 Å².